The fourth-order valence-corrected chi connectivity index (χ4v) is 4.41. The third-order valence-electron chi connectivity index (χ3n) is 5.51. The van der Waals surface area contributed by atoms with Gasteiger partial charge in [0.25, 0.3) is 5.91 Å². The molecule has 0 saturated heterocycles. The van der Waals surface area contributed by atoms with Gasteiger partial charge < -0.3 is 10.6 Å². The molecule has 2 aromatic heterocycles. The molecule has 0 radical (unpaired) electrons. The van der Waals surface area contributed by atoms with Crippen molar-refractivity contribution in [1.82, 2.24) is 20.1 Å². The minimum atomic E-state index is -4.60. The van der Waals surface area contributed by atoms with E-state index in [-0.39, 0.29) is 34.0 Å². The number of carbonyl (C=O) groups is 1. The van der Waals surface area contributed by atoms with E-state index >= 15 is 0 Å². The van der Waals surface area contributed by atoms with Crippen LogP contribution in [-0.2, 0) is 13.0 Å². The van der Waals surface area contributed by atoms with Gasteiger partial charge in [0.05, 0.1) is 11.1 Å². The molecular weight excluding hydrogens is 485 g/mol. The minimum absolute atomic E-state index is 0.0639. The Hall–Kier alpha value is -2.59. The topological polar surface area (TPSA) is 71.8 Å². The zero-order chi connectivity index (χ0) is 23.8. The maximum Gasteiger partial charge on any atom is 0.433 e. The fourth-order valence-electron chi connectivity index (χ4n) is 4.01. The van der Waals surface area contributed by atoms with Gasteiger partial charge in [-0.05, 0) is 49.9 Å². The first-order chi connectivity index (χ1) is 15.6. The molecule has 4 rings (SSSR count). The van der Waals surface area contributed by atoms with Gasteiger partial charge in [-0.1, -0.05) is 23.2 Å². The highest BCUT2D eigenvalue weighted by Crippen LogP contribution is 2.35. The number of nitrogens with zero attached hydrogens (tertiary/aromatic N) is 3. The lowest BCUT2D eigenvalue weighted by atomic mass is 9.90. The number of halogens is 6. The van der Waals surface area contributed by atoms with E-state index in [0.29, 0.717) is 29.7 Å². The Bertz CT molecular complexity index is 1180. The Labute approximate surface area is 196 Å². The number of alkyl halides is 4. The maximum atomic E-state index is 13.4. The Morgan fingerprint density at radius 1 is 1.18 bits per heavy atom. The molecule has 0 unspecified atom stereocenters. The second-order valence-corrected chi connectivity index (χ2v) is 8.68. The van der Waals surface area contributed by atoms with Crippen molar-refractivity contribution >= 4 is 45.7 Å². The van der Waals surface area contributed by atoms with Crippen LogP contribution in [0.4, 0.5) is 23.2 Å². The van der Waals surface area contributed by atoms with Gasteiger partial charge in [-0.15, -0.1) is 0 Å². The number of pyridine rings is 1. The predicted molar refractivity (Wildman–Crippen MR) is 117 cm³/mol. The first-order valence-corrected chi connectivity index (χ1v) is 10.9. The number of aromatic nitrogens is 3. The van der Waals surface area contributed by atoms with E-state index in [2.05, 4.69) is 20.7 Å². The van der Waals surface area contributed by atoms with Gasteiger partial charge in [0.15, 0.2) is 12.0 Å². The molecule has 0 aliphatic heterocycles. The van der Waals surface area contributed by atoms with Crippen molar-refractivity contribution in [1.29, 1.82) is 0 Å². The molecular formula is C21H19Cl2F4N5O. The number of carbonyl (C=O) groups excluding carboxylic acids is 1. The molecule has 2 heterocycles. The summed E-state index contributed by atoms with van der Waals surface area (Å²) in [7, 11) is 0. The van der Waals surface area contributed by atoms with Crippen molar-refractivity contribution in [2.45, 2.75) is 50.7 Å². The predicted octanol–water partition coefficient (Wildman–Crippen LogP) is 5.84. The summed E-state index contributed by atoms with van der Waals surface area (Å²) in [5.41, 5.74) is -0.482. The van der Waals surface area contributed by atoms with E-state index in [1.165, 1.54) is 18.3 Å². The number of amides is 1. The van der Waals surface area contributed by atoms with Crippen molar-refractivity contribution < 1.29 is 22.4 Å². The molecule has 0 spiro atoms. The lowest BCUT2D eigenvalue weighted by Crippen LogP contribution is -2.41. The van der Waals surface area contributed by atoms with Crippen LogP contribution in [0.1, 0.15) is 41.7 Å². The van der Waals surface area contributed by atoms with Crippen LogP contribution in [0, 0.1) is 0 Å². The highest BCUT2D eigenvalue weighted by atomic mass is 35.5. The number of hydrogen-bond acceptors (Lipinski definition) is 4. The normalized spacial score (nSPS) is 19.0. The minimum Gasteiger partial charge on any atom is -0.382 e. The summed E-state index contributed by atoms with van der Waals surface area (Å²) < 4.78 is 53.8. The smallest absolute Gasteiger partial charge is 0.382 e. The Kier molecular flexibility index (Phi) is 6.67. The second kappa shape index (κ2) is 9.34. The average molecular weight is 504 g/mol. The summed E-state index contributed by atoms with van der Waals surface area (Å²) in [5, 5.41) is 10.5. The third-order valence-corrected chi connectivity index (χ3v) is 6.03. The van der Waals surface area contributed by atoms with Gasteiger partial charge in [0.2, 0.25) is 0 Å². The highest BCUT2D eigenvalue weighted by Gasteiger charge is 2.34. The highest BCUT2D eigenvalue weighted by molar-refractivity contribution is 6.32. The van der Waals surface area contributed by atoms with Crippen LogP contribution in [0.3, 0.4) is 0 Å². The molecule has 1 aliphatic rings. The molecule has 3 aromatic rings. The molecule has 1 aliphatic carbocycles. The zero-order valence-electron chi connectivity index (χ0n) is 17.1. The Morgan fingerprint density at radius 2 is 1.94 bits per heavy atom. The summed E-state index contributed by atoms with van der Waals surface area (Å²) in [4.78, 5) is 16.3. The van der Waals surface area contributed by atoms with Crippen molar-refractivity contribution in [2.75, 3.05) is 5.32 Å². The van der Waals surface area contributed by atoms with Crippen LogP contribution >= 0.6 is 23.2 Å². The molecule has 12 heteroatoms. The van der Waals surface area contributed by atoms with E-state index in [9.17, 15) is 22.4 Å². The molecule has 2 atom stereocenters. The SMILES string of the molecule is O=C(N[C@@H]1CCC[C@H](Nc2cc(C(F)(F)F)nc3ccc(Cl)cc23)C1)c1cn(CF)nc1Cl. The fraction of sp³-hybridized carbons (Fsp3) is 0.381. The van der Waals surface area contributed by atoms with E-state index < -0.39 is 24.6 Å². The van der Waals surface area contributed by atoms with Gasteiger partial charge in [-0.2, -0.15) is 18.3 Å². The molecule has 33 heavy (non-hydrogen) atoms. The summed E-state index contributed by atoms with van der Waals surface area (Å²) in [6.45, 7) is -0.910. The largest absolute Gasteiger partial charge is 0.433 e. The lowest BCUT2D eigenvalue weighted by Gasteiger charge is -2.31. The average Bonchev–Trinajstić information content (AvgIpc) is 3.14. The van der Waals surface area contributed by atoms with Crippen LogP contribution in [0.15, 0.2) is 30.5 Å². The van der Waals surface area contributed by atoms with Gasteiger partial charge in [0.1, 0.15) is 5.69 Å². The Morgan fingerprint density at radius 3 is 2.64 bits per heavy atom. The summed E-state index contributed by atoms with van der Waals surface area (Å²) in [6, 6.07) is 5.04. The van der Waals surface area contributed by atoms with Gasteiger partial charge in [0, 0.05) is 34.4 Å². The number of rotatable bonds is 5. The number of benzene rings is 1. The number of anilines is 1. The van der Waals surface area contributed by atoms with E-state index in [1.807, 2.05) is 0 Å². The van der Waals surface area contributed by atoms with Crippen molar-refractivity contribution in [3.05, 3.63) is 51.9 Å². The van der Waals surface area contributed by atoms with E-state index in [1.54, 1.807) is 6.07 Å². The van der Waals surface area contributed by atoms with Gasteiger partial charge in [-0.25, -0.2) is 14.1 Å². The summed E-state index contributed by atoms with van der Waals surface area (Å²) in [5.74, 6) is -0.481. The maximum absolute atomic E-state index is 13.4. The summed E-state index contributed by atoms with van der Waals surface area (Å²) in [6.07, 6.45) is -0.755. The van der Waals surface area contributed by atoms with Crippen LogP contribution in [0.2, 0.25) is 10.2 Å². The number of hydrogen-bond donors (Lipinski definition) is 2. The molecule has 176 valence electrons. The monoisotopic (exact) mass is 503 g/mol. The second-order valence-electron chi connectivity index (χ2n) is 7.89. The molecule has 6 nitrogen and oxygen atoms in total. The molecule has 1 fully saturated rings. The standard InChI is InChI=1S/C21H19Cl2F4N5O/c22-11-4-5-16-14(6-11)17(8-18(30-16)21(25,26)27)28-12-2-1-3-13(7-12)29-20(33)15-9-32(10-24)31-19(15)23/h4-6,8-9,12-13H,1-3,7,10H2,(H,28,30)(H,29,33)/t12-,13+/m0/s1. The van der Waals surface area contributed by atoms with Crippen LogP contribution in [0.25, 0.3) is 10.9 Å². The van der Waals surface area contributed by atoms with Crippen LogP contribution in [0.5, 0.6) is 0 Å². The van der Waals surface area contributed by atoms with Gasteiger partial charge >= 0.3 is 6.18 Å². The van der Waals surface area contributed by atoms with Crippen molar-refractivity contribution in [2.24, 2.45) is 0 Å². The van der Waals surface area contributed by atoms with Crippen LogP contribution < -0.4 is 10.6 Å². The zero-order valence-corrected chi connectivity index (χ0v) is 18.6. The number of fused-ring (bicyclic) bond motifs is 1. The Balaban J connectivity index is 1.53. The molecule has 2 N–H and O–H groups in total. The lowest BCUT2D eigenvalue weighted by molar-refractivity contribution is -0.140. The first-order valence-electron chi connectivity index (χ1n) is 10.2. The van der Waals surface area contributed by atoms with Crippen molar-refractivity contribution in [3.63, 3.8) is 0 Å². The van der Waals surface area contributed by atoms with Gasteiger partial charge in [-0.3, -0.25) is 4.79 Å². The van der Waals surface area contributed by atoms with E-state index in [4.69, 9.17) is 23.2 Å². The molecule has 1 saturated carbocycles. The van der Waals surface area contributed by atoms with E-state index in [0.717, 1.165) is 17.2 Å². The molecule has 0 bridgehead atoms. The summed E-state index contributed by atoms with van der Waals surface area (Å²) >= 11 is 12.0. The molecule has 1 aromatic carbocycles. The molecule has 1 amide bonds. The first kappa shape index (κ1) is 23.6. The quantitative estimate of drug-likeness (QED) is 0.429. The third kappa shape index (κ3) is 5.33. The van der Waals surface area contributed by atoms with Crippen LogP contribution in [-0.4, -0.2) is 32.8 Å². The number of nitrogens with one attached hydrogen (secondary N) is 2. The van der Waals surface area contributed by atoms with Crippen molar-refractivity contribution in [3.8, 4) is 0 Å².